The van der Waals surface area contributed by atoms with E-state index in [2.05, 4.69) is 5.32 Å². The fourth-order valence-corrected chi connectivity index (χ4v) is 5.73. The van der Waals surface area contributed by atoms with Crippen LogP contribution in [0.15, 0.2) is 41.8 Å². The maximum Gasteiger partial charge on any atom is 0.235 e. The molecule has 1 heterocycles. The first-order chi connectivity index (χ1) is 13.0. The second kappa shape index (κ2) is 8.68. The third-order valence-corrected chi connectivity index (χ3v) is 7.29. The molecule has 1 fully saturated rings. The van der Waals surface area contributed by atoms with Gasteiger partial charge in [-0.05, 0) is 47.9 Å². The summed E-state index contributed by atoms with van der Waals surface area (Å²) in [4.78, 5) is 13.6. The van der Waals surface area contributed by atoms with Crippen molar-refractivity contribution in [3.8, 4) is 6.07 Å². The van der Waals surface area contributed by atoms with Crippen molar-refractivity contribution in [3.05, 3.63) is 57.8 Å². The largest absolute Gasteiger partial charge is 0.347 e. The van der Waals surface area contributed by atoms with Crippen LogP contribution in [0.4, 0.5) is 0 Å². The lowest BCUT2D eigenvalue weighted by molar-refractivity contribution is -0.119. The summed E-state index contributed by atoms with van der Waals surface area (Å²) in [5.74, 6) is -0.816. The first kappa shape index (κ1) is 19.6. The van der Waals surface area contributed by atoms with Crippen LogP contribution in [0.25, 0.3) is 0 Å². The SMILES string of the molecule is N#Cc1ccc(CS(=O)(=O)CC(=O)N[C@@H](c2cccs2)C2CCCC2)cc1. The van der Waals surface area contributed by atoms with Crippen molar-refractivity contribution in [2.24, 2.45) is 5.92 Å². The number of carbonyl (C=O) groups excluding carboxylic acids is 1. The van der Waals surface area contributed by atoms with E-state index in [4.69, 9.17) is 5.26 Å². The van der Waals surface area contributed by atoms with Gasteiger partial charge in [0, 0.05) is 4.88 Å². The van der Waals surface area contributed by atoms with Crippen LogP contribution < -0.4 is 5.32 Å². The van der Waals surface area contributed by atoms with E-state index < -0.39 is 21.5 Å². The van der Waals surface area contributed by atoms with Gasteiger partial charge in [-0.15, -0.1) is 11.3 Å². The molecule has 0 saturated heterocycles. The highest BCUT2D eigenvalue weighted by Gasteiger charge is 2.29. The topological polar surface area (TPSA) is 87.0 Å². The third kappa shape index (κ3) is 5.41. The van der Waals surface area contributed by atoms with Gasteiger partial charge in [-0.3, -0.25) is 4.79 Å². The van der Waals surface area contributed by atoms with E-state index in [0.717, 1.165) is 30.6 Å². The number of rotatable bonds is 7. The van der Waals surface area contributed by atoms with Gasteiger partial charge in [-0.1, -0.05) is 31.0 Å². The Morgan fingerprint density at radius 2 is 1.93 bits per heavy atom. The van der Waals surface area contributed by atoms with Gasteiger partial charge in [-0.25, -0.2) is 8.42 Å². The zero-order valence-electron chi connectivity index (χ0n) is 14.9. The van der Waals surface area contributed by atoms with Crippen LogP contribution >= 0.6 is 11.3 Å². The van der Waals surface area contributed by atoms with Gasteiger partial charge < -0.3 is 5.32 Å². The molecular formula is C20H22N2O3S2. The van der Waals surface area contributed by atoms with E-state index in [0.29, 0.717) is 17.0 Å². The summed E-state index contributed by atoms with van der Waals surface area (Å²) in [6, 6.07) is 12.2. The standard InChI is InChI=1S/C20H22N2O3S2/c21-12-15-7-9-16(10-8-15)13-27(24,25)14-19(23)22-20(17-4-1-2-5-17)18-6-3-11-26-18/h3,6-11,17,20H,1-2,4-5,13-14H2,(H,22,23)/t20-/m1/s1. The summed E-state index contributed by atoms with van der Waals surface area (Å²) in [5.41, 5.74) is 1.05. The molecule has 1 amide bonds. The number of amides is 1. The second-order valence-corrected chi connectivity index (χ2v) is 9.99. The molecule has 0 aliphatic heterocycles. The molecule has 1 aliphatic carbocycles. The molecule has 0 unspecified atom stereocenters. The molecule has 0 bridgehead atoms. The Hall–Kier alpha value is -2.17. The van der Waals surface area contributed by atoms with Crippen molar-refractivity contribution in [1.82, 2.24) is 5.32 Å². The van der Waals surface area contributed by atoms with Crippen LogP contribution in [0, 0.1) is 17.2 Å². The number of benzene rings is 1. The molecule has 0 radical (unpaired) electrons. The monoisotopic (exact) mass is 402 g/mol. The molecule has 5 nitrogen and oxygen atoms in total. The highest BCUT2D eigenvalue weighted by molar-refractivity contribution is 7.91. The number of sulfone groups is 1. The van der Waals surface area contributed by atoms with Crippen molar-refractivity contribution in [2.75, 3.05) is 5.75 Å². The quantitative estimate of drug-likeness (QED) is 0.767. The Kier molecular flexibility index (Phi) is 6.30. The van der Waals surface area contributed by atoms with Gasteiger partial charge >= 0.3 is 0 Å². The zero-order chi connectivity index (χ0) is 19.3. The van der Waals surface area contributed by atoms with E-state index in [1.54, 1.807) is 35.6 Å². The normalized spacial score (nSPS) is 16.0. The van der Waals surface area contributed by atoms with E-state index >= 15 is 0 Å². The smallest absolute Gasteiger partial charge is 0.235 e. The lowest BCUT2D eigenvalue weighted by atomic mass is 9.97. The molecule has 1 saturated carbocycles. The molecule has 0 spiro atoms. The van der Waals surface area contributed by atoms with Gasteiger partial charge in [0.25, 0.3) is 0 Å². The lowest BCUT2D eigenvalue weighted by Gasteiger charge is -2.23. The maximum absolute atomic E-state index is 12.5. The van der Waals surface area contributed by atoms with Crippen molar-refractivity contribution in [1.29, 1.82) is 5.26 Å². The van der Waals surface area contributed by atoms with Crippen LogP contribution in [0.3, 0.4) is 0 Å². The predicted octanol–water partition coefficient (Wildman–Crippen LogP) is 3.58. The molecule has 27 heavy (non-hydrogen) atoms. The zero-order valence-corrected chi connectivity index (χ0v) is 16.6. The molecule has 7 heteroatoms. The fraction of sp³-hybridized carbons (Fsp3) is 0.400. The predicted molar refractivity (Wildman–Crippen MR) is 106 cm³/mol. The molecule has 1 atom stereocenters. The summed E-state index contributed by atoms with van der Waals surface area (Å²) in [7, 11) is -3.58. The Bertz CT molecular complexity index is 907. The van der Waals surface area contributed by atoms with Crippen molar-refractivity contribution in [2.45, 2.75) is 37.5 Å². The number of thiophene rings is 1. The number of nitrogens with one attached hydrogen (secondary N) is 1. The summed E-state index contributed by atoms with van der Waals surface area (Å²) < 4.78 is 24.9. The van der Waals surface area contributed by atoms with E-state index in [9.17, 15) is 13.2 Å². The summed E-state index contributed by atoms with van der Waals surface area (Å²) in [6.45, 7) is 0. The van der Waals surface area contributed by atoms with Gasteiger partial charge in [0.15, 0.2) is 9.84 Å². The highest BCUT2D eigenvalue weighted by Crippen LogP contribution is 2.37. The number of hydrogen-bond acceptors (Lipinski definition) is 5. The van der Waals surface area contributed by atoms with Crippen LogP contribution in [-0.4, -0.2) is 20.1 Å². The van der Waals surface area contributed by atoms with Gasteiger partial charge in [-0.2, -0.15) is 5.26 Å². The van der Waals surface area contributed by atoms with Crippen LogP contribution in [0.1, 0.15) is 47.7 Å². The van der Waals surface area contributed by atoms with Crippen LogP contribution in [-0.2, 0) is 20.4 Å². The number of nitriles is 1. The number of nitrogens with zero attached hydrogens (tertiary/aromatic N) is 1. The molecule has 1 aromatic carbocycles. The molecule has 3 rings (SSSR count). The average molecular weight is 403 g/mol. The number of carbonyl (C=O) groups is 1. The van der Waals surface area contributed by atoms with E-state index in [-0.39, 0.29) is 11.8 Å². The Morgan fingerprint density at radius 3 is 2.52 bits per heavy atom. The number of hydrogen-bond donors (Lipinski definition) is 1. The van der Waals surface area contributed by atoms with Gasteiger partial charge in [0.1, 0.15) is 5.75 Å². The third-order valence-electron chi connectivity index (χ3n) is 4.86. The molecule has 1 aliphatic rings. The van der Waals surface area contributed by atoms with Crippen molar-refractivity contribution < 1.29 is 13.2 Å². The Balaban J connectivity index is 1.64. The fourth-order valence-electron chi connectivity index (χ4n) is 3.58. The molecule has 1 aromatic heterocycles. The highest BCUT2D eigenvalue weighted by atomic mass is 32.2. The van der Waals surface area contributed by atoms with E-state index in [1.165, 1.54) is 0 Å². The minimum atomic E-state index is -3.58. The van der Waals surface area contributed by atoms with Crippen LogP contribution in [0.5, 0.6) is 0 Å². The summed E-state index contributed by atoms with van der Waals surface area (Å²) in [5, 5.41) is 13.8. The second-order valence-electron chi connectivity index (χ2n) is 6.95. The van der Waals surface area contributed by atoms with E-state index in [1.807, 2.05) is 23.6 Å². The first-order valence-corrected chi connectivity index (χ1v) is 11.7. The first-order valence-electron chi connectivity index (χ1n) is 8.99. The minimum Gasteiger partial charge on any atom is -0.347 e. The summed E-state index contributed by atoms with van der Waals surface area (Å²) >= 11 is 1.59. The van der Waals surface area contributed by atoms with Gasteiger partial charge in [0.05, 0.1) is 23.4 Å². The molecule has 142 valence electrons. The Labute approximate surface area is 164 Å². The minimum absolute atomic E-state index is 0.106. The lowest BCUT2D eigenvalue weighted by Crippen LogP contribution is -2.36. The maximum atomic E-state index is 12.5. The van der Waals surface area contributed by atoms with Crippen LogP contribution in [0.2, 0.25) is 0 Å². The van der Waals surface area contributed by atoms with Gasteiger partial charge in [0.2, 0.25) is 5.91 Å². The molecule has 1 N–H and O–H groups in total. The average Bonchev–Trinajstić information content (AvgIpc) is 3.33. The molecule has 2 aromatic rings. The van der Waals surface area contributed by atoms with Crippen molar-refractivity contribution >= 4 is 27.1 Å². The van der Waals surface area contributed by atoms with Crippen molar-refractivity contribution in [3.63, 3.8) is 0 Å². The molecular weight excluding hydrogens is 380 g/mol. The summed E-state index contributed by atoms with van der Waals surface area (Å²) in [6.07, 6.45) is 4.42. The Morgan fingerprint density at radius 1 is 1.22 bits per heavy atom.